The van der Waals surface area contributed by atoms with Crippen LogP contribution in [0.15, 0.2) is 163 Å². The Morgan fingerprint density at radius 2 is 0.986 bits per heavy atom. The van der Waals surface area contributed by atoms with Crippen molar-refractivity contribution in [1.29, 1.82) is 0 Å². The van der Waals surface area contributed by atoms with Crippen molar-refractivity contribution in [1.82, 2.24) is 0 Å². The number of hydrogen-bond donors (Lipinski definition) is 0. The zero-order chi connectivity index (χ0) is 48.8. The first kappa shape index (κ1) is 44.6. The summed E-state index contributed by atoms with van der Waals surface area (Å²) in [6.45, 7) is 28.1. The van der Waals surface area contributed by atoms with Crippen molar-refractivity contribution in [3.05, 3.63) is 196 Å². The Kier molecular flexibility index (Phi) is 9.83. The average molecular weight is 927 g/mol. The summed E-state index contributed by atoms with van der Waals surface area (Å²) < 4.78 is 1.31. The summed E-state index contributed by atoms with van der Waals surface area (Å²) in [5.41, 5.74) is 26.8. The molecule has 0 saturated carbocycles. The molecule has 8 aromatic carbocycles. The molecule has 2 aliphatic heterocycles. The van der Waals surface area contributed by atoms with Crippen LogP contribution in [0.3, 0.4) is 0 Å². The number of anilines is 6. The summed E-state index contributed by atoms with van der Waals surface area (Å²) >= 11 is 1.81. The molecule has 9 aromatic rings. The molecule has 0 saturated heterocycles. The Morgan fingerprint density at radius 3 is 1.60 bits per heavy atom. The second-order valence-electron chi connectivity index (χ2n) is 24.0. The van der Waals surface area contributed by atoms with Crippen LogP contribution in [0.25, 0.3) is 43.5 Å². The lowest BCUT2D eigenvalue weighted by molar-refractivity contribution is 0.590. The highest BCUT2D eigenvalue weighted by molar-refractivity contribution is 7.17. The SMILES string of the molecule is Cc1cc2c3c(c1)N(c1cc(-c4ccc5c(c4)C(C)(C)c4ccccc4-5)cc(-c4ccc5sccc5c4)c1)c1ccc(C(C)(C)C)cc1B3c1cc(C(C)(C)C)ccc1N2c1ccc(C(C)(C)C)cc1. The van der Waals surface area contributed by atoms with Crippen LogP contribution in [0.1, 0.15) is 110 Å². The van der Waals surface area contributed by atoms with E-state index in [0.29, 0.717) is 0 Å². The van der Waals surface area contributed by atoms with Crippen molar-refractivity contribution in [2.24, 2.45) is 0 Å². The maximum absolute atomic E-state index is 2.62. The number of aryl methyl sites for hydroxylation is 1. The Bertz CT molecular complexity index is 3610. The molecule has 12 rings (SSSR count). The molecule has 0 bridgehead atoms. The quantitative estimate of drug-likeness (QED) is 0.162. The minimum absolute atomic E-state index is 0.0192. The van der Waals surface area contributed by atoms with Crippen molar-refractivity contribution in [3.8, 4) is 33.4 Å². The zero-order valence-corrected chi connectivity index (χ0v) is 43.8. The van der Waals surface area contributed by atoms with E-state index in [9.17, 15) is 0 Å². The topological polar surface area (TPSA) is 6.48 Å². The highest BCUT2D eigenvalue weighted by Crippen LogP contribution is 2.51. The molecule has 3 aliphatic rings. The summed E-state index contributed by atoms with van der Waals surface area (Å²) in [6, 6.07) is 61.8. The minimum Gasteiger partial charge on any atom is -0.311 e. The third-order valence-corrected chi connectivity index (χ3v) is 16.7. The van der Waals surface area contributed by atoms with Gasteiger partial charge in [0.15, 0.2) is 0 Å². The van der Waals surface area contributed by atoms with Gasteiger partial charge in [-0.25, -0.2) is 0 Å². The fraction of sp³-hybridized carbons (Fsp3) is 0.242. The first-order valence-electron chi connectivity index (χ1n) is 25.3. The Morgan fingerprint density at radius 1 is 0.443 bits per heavy atom. The van der Waals surface area contributed by atoms with E-state index in [2.05, 4.69) is 256 Å². The van der Waals surface area contributed by atoms with E-state index in [1.807, 2.05) is 0 Å². The molecule has 0 atom stereocenters. The molecule has 4 heteroatoms. The summed E-state index contributed by atoms with van der Waals surface area (Å²) in [7, 11) is 0. The smallest absolute Gasteiger partial charge is 0.252 e. The number of rotatable bonds is 4. The van der Waals surface area contributed by atoms with Gasteiger partial charge in [0.05, 0.1) is 0 Å². The van der Waals surface area contributed by atoms with Gasteiger partial charge in [0.1, 0.15) is 0 Å². The maximum Gasteiger partial charge on any atom is 0.252 e. The monoisotopic (exact) mass is 926 g/mol. The second-order valence-corrected chi connectivity index (χ2v) is 25.0. The van der Waals surface area contributed by atoms with E-state index < -0.39 is 0 Å². The lowest BCUT2D eigenvalue weighted by Gasteiger charge is -2.45. The van der Waals surface area contributed by atoms with Crippen LogP contribution in [0.2, 0.25) is 0 Å². The Hall–Kier alpha value is -6.62. The summed E-state index contributed by atoms with van der Waals surface area (Å²) in [5.74, 6) is 0. The van der Waals surface area contributed by atoms with Crippen LogP contribution >= 0.6 is 11.3 Å². The molecule has 0 fully saturated rings. The fourth-order valence-electron chi connectivity index (χ4n) is 11.8. The number of thiophene rings is 1. The van der Waals surface area contributed by atoms with Crippen molar-refractivity contribution in [2.75, 3.05) is 9.80 Å². The predicted molar refractivity (Wildman–Crippen MR) is 305 cm³/mol. The van der Waals surface area contributed by atoms with Crippen LogP contribution in [0.4, 0.5) is 34.1 Å². The zero-order valence-electron chi connectivity index (χ0n) is 43.0. The number of fused-ring (bicyclic) bond motifs is 8. The second kappa shape index (κ2) is 15.4. The average Bonchev–Trinajstić information content (AvgIpc) is 3.89. The van der Waals surface area contributed by atoms with Gasteiger partial charge in [-0.3, -0.25) is 0 Å². The highest BCUT2D eigenvalue weighted by Gasteiger charge is 2.45. The standard InChI is InChI=1S/C66H63BN2S/c1-40-31-59-62-60(32-40)69(50-35-44(41-18-28-61-43(33-41)29-30-70-61)34-45(36-50)42-17-25-52-51-15-13-14-16-53(51)66(11,12)54(52)37-42)58-27-22-48(65(8,9)10)39-56(58)67(62)55-38-47(64(5,6)7)21-26-57(55)68(59)49-23-19-46(20-24-49)63(2,3)4/h13-39H,1-12H3. The highest BCUT2D eigenvalue weighted by atomic mass is 32.1. The van der Waals surface area contributed by atoms with E-state index in [4.69, 9.17) is 0 Å². The molecule has 0 N–H and O–H groups in total. The molecule has 1 aromatic heterocycles. The van der Waals surface area contributed by atoms with Gasteiger partial charge in [-0.15, -0.1) is 11.3 Å². The van der Waals surface area contributed by atoms with Crippen LogP contribution in [-0.2, 0) is 21.7 Å². The largest absolute Gasteiger partial charge is 0.311 e. The molecule has 0 spiro atoms. The van der Waals surface area contributed by atoms with Crippen LogP contribution < -0.4 is 26.2 Å². The van der Waals surface area contributed by atoms with Crippen LogP contribution in [-0.4, -0.2) is 6.71 Å². The molecule has 1 aliphatic carbocycles. The molecule has 3 heterocycles. The first-order valence-corrected chi connectivity index (χ1v) is 26.1. The third kappa shape index (κ3) is 7.03. The third-order valence-electron chi connectivity index (χ3n) is 15.8. The predicted octanol–water partition coefficient (Wildman–Crippen LogP) is 16.8. The Balaban J connectivity index is 1.14. The number of benzene rings is 8. The maximum atomic E-state index is 2.62. The molecule has 70 heavy (non-hydrogen) atoms. The summed E-state index contributed by atoms with van der Waals surface area (Å²) in [5, 5.41) is 3.49. The Labute approximate surface area is 420 Å². The minimum atomic E-state index is -0.110. The lowest BCUT2D eigenvalue weighted by Crippen LogP contribution is -2.61. The first-order chi connectivity index (χ1) is 33.2. The van der Waals surface area contributed by atoms with E-state index >= 15 is 0 Å². The summed E-state index contributed by atoms with van der Waals surface area (Å²) in [4.78, 5) is 5.18. The molecule has 2 nitrogen and oxygen atoms in total. The molecular weight excluding hydrogens is 864 g/mol. The van der Waals surface area contributed by atoms with Gasteiger partial charge in [0.2, 0.25) is 0 Å². The van der Waals surface area contributed by atoms with E-state index in [1.54, 1.807) is 11.3 Å². The molecular formula is C66H63BN2S. The van der Waals surface area contributed by atoms with Gasteiger partial charge in [0.25, 0.3) is 6.71 Å². The lowest BCUT2D eigenvalue weighted by atomic mass is 9.33. The molecule has 0 unspecified atom stereocenters. The van der Waals surface area contributed by atoms with Gasteiger partial charge in [-0.1, -0.05) is 155 Å². The molecule has 346 valence electrons. The normalized spacial score (nSPS) is 14.6. The van der Waals surface area contributed by atoms with Crippen molar-refractivity contribution in [3.63, 3.8) is 0 Å². The molecule has 0 amide bonds. The van der Waals surface area contributed by atoms with Gasteiger partial charge in [0, 0.05) is 44.2 Å². The van der Waals surface area contributed by atoms with E-state index in [1.165, 1.54) is 122 Å². The van der Waals surface area contributed by atoms with Crippen molar-refractivity contribution < 1.29 is 0 Å². The van der Waals surface area contributed by atoms with Crippen LogP contribution in [0, 0.1) is 6.92 Å². The van der Waals surface area contributed by atoms with Crippen molar-refractivity contribution in [2.45, 2.75) is 105 Å². The van der Waals surface area contributed by atoms with Gasteiger partial charge < -0.3 is 9.80 Å². The molecule has 0 radical (unpaired) electrons. The van der Waals surface area contributed by atoms with Crippen LogP contribution in [0.5, 0.6) is 0 Å². The van der Waals surface area contributed by atoms with E-state index in [-0.39, 0.29) is 28.4 Å². The van der Waals surface area contributed by atoms with Gasteiger partial charge in [-0.05, 0) is 196 Å². The summed E-state index contributed by atoms with van der Waals surface area (Å²) in [6.07, 6.45) is 0. The van der Waals surface area contributed by atoms with Gasteiger partial charge in [-0.2, -0.15) is 0 Å². The van der Waals surface area contributed by atoms with Gasteiger partial charge >= 0.3 is 0 Å². The number of hydrogen-bond acceptors (Lipinski definition) is 3. The van der Waals surface area contributed by atoms with Crippen molar-refractivity contribution >= 4 is 78.6 Å². The van der Waals surface area contributed by atoms with E-state index in [0.717, 1.165) is 5.69 Å². The fourth-order valence-corrected chi connectivity index (χ4v) is 12.6. The number of nitrogens with zero attached hydrogens (tertiary/aromatic N) is 2.